The van der Waals surface area contributed by atoms with Crippen LogP contribution in [-0.4, -0.2) is 24.2 Å². The Morgan fingerprint density at radius 3 is 3.21 bits per heavy atom. The van der Waals surface area contributed by atoms with Gasteiger partial charge in [-0.3, -0.25) is 10.1 Å². The molecule has 0 radical (unpaired) electrons. The smallest absolute Gasteiger partial charge is 0.282 e. The van der Waals surface area contributed by atoms with Crippen LogP contribution in [0.5, 0.6) is 5.75 Å². The van der Waals surface area contributed by atoms with Crippen molar-refractivity contribution in [2.24, 2.45) is 0 Å². The molecule has 1 aromatic heterocycles. The lowest BCUT2D eigenvalue weighted by molar-refractivity contribution is -0.124. The van der Waals surface area contributed by atoms with E-state index in [1.165, 1.54) is 0 Å². The maximum atomic E-state index is 11.3. The number of aromatic nitrogens is 1. The van der Waals surface area contributed by atoms with Crippen LogP contribution in [0.3, 0.4) is 0 Å². The Hall–Kier alpha value is -1.14. The predicted octanol–water partition coefficient (Wildman–Crippen LogP) is 0.720. The summed E-state index contributed by atoms with van der Waals surface area (Å²) in [6.45, 7) is 0. The monoisotopic (exact) mass is 257 g/mol. The topological polar surface area (TPSA) is 63.2 Å². The molecule has 5 nitrogen and oxygen atoms in total. The number of nitrogens with one attached hydrogen (secondary N) is 2. The van der Waals surface area contributed by atoms with E-state index in [9.17, 15) is 4.79 Å². The van der Waals surface area contributed by atoms with E-state index in [-0.39, 0.29) is 5.91 Å². The third kappa shape index (κ3) is 1.58. The molecule has 0 bridgehead atoms. The van der Waals surface area contributed by atoms with Crippen molar-refractivity contribution in [2.45, 2.75) is 6.23 Å². The van der Waals surface area contributed by atoms with Gasteiger partial charge in [-0.1, -0.05) is 0 Å². The van der Waals surface area contributed by atoms with Crippen molar-refractivity contribution in [3.63, 3.8) is 0 Å². The molecule has 2 heterocycles. The molecule has 1 aliphatic rings. The SMILES string of the molecule is CNC1Oc2cc(Br)cnc2NC1=O. The van der Waals surface area contributed by atoms with E-state index in [1.807, 2.05) is 0 Å². The van der Waals surface area contributed by atoms with Gasteiger partial charge in [-0.25, -0.2) is 4.98 Å². The molecule has 0 aromatic carbocycles. The molecule has 0 fully saturated rings. The van der Waals surface area contributed by atoms with Crippen LogP contribution < -0.4 is 15.4 Å². The van der Waals surface area contributed by atoms with Gasteiger partial charge in [0, 0.05) is 10.7 Å². The highest BCUT2D eigenvalue weighted by atomic mass is 79.9. The highest BCUT2D eigenvalue weighted by Gasteiger charge is 2.26. The second-order valence-electron chi connectivity index (χ2n) is 2.78. The number of carbonyl (C=O) groups excluding carboxylic acids is 1. The van der Waals surface area contributed by atoms with Gasteiger partial charge in [0.05, 0.1) is 0 Å². The first kappa shape index (κ1) is 9.42. The summed E-state index contributed by atoms with van der Waals surface area (Å²) in [4.78, 5) is 15.3. The number of fused-ring (bicyclic) bond motifs is 1. The third-order valence-corrected chi connectivity index (χ3v) is 2.24. The van der Waals surface area contributed by atoms with E-state index < -0.39 is 6.23 Å². The first-order chi connectivity index (χ1) is 6.70. The van der Waals surface area contributed by atoms with Crippen molar-refractivity contribution in [3.05, 3.63) is 16.7 Å². The van der Waals surface area contributed by atoms with Crippen LogP contribution >= 0.6 is 15.9 Å². The number of nitrogens with zero attached hydrogens (tertiary/aromatic N) is 1. The van der Waals surface area contributed by atoms with Crippen molar-refractivity contribution in [3.8, 4) is 5.75 Å². The van der Waals surface area contributed by atoms with Crippen LogP contribution in [0.4, 0.5) is 5.82 Å². The summed E-state index contributed by atoms with van der Waals surface area (Å²) in [5, 5.41) is 5.37. The number of halogens is 1. The molecular weight excluding hydrogens is 250 g/mol. The van der Waals surface area contributed by atoms with E-state index in [0.29, 0.717) is 11.6 Å². The molecule has 1 atom stereocenters. The average molecular weight is 258 g/mol. The summed E-state index contributed by atoms with van der Waals surface area (Å²) in [6, 6.07) is 1.76. The van der Waals surface area contributed by atoms with Crippen LogP contribution in [0.25, 0.3) is 0 Å². The molecule has 2 rings (SSSR count). The largest absolute Gasteiger partial charge is 0.462 e. The second-order valence-corrected chi connectivity index (χ2v) is 3.69. The zero-order valence-corrected chi connectivity index (χ0v) is 8.96. The van der Waals surface area contributed by atoms with Crippen molar-refractivity contribution < 1.29 is 9.53 Å². The van der Waals surface area contributed by atoms with Crippen molar-refractivity contribution in [2.75, 3.05) is 12.4 Å². The zero-order valence-electron chi connectivity index (χ0n) is 7.37. The minimum Gasteiger partial charge on any atom is -0.462 e. The van der Waals surface area contributed by atoms with Gasteiger partial charge in [0.1, 0.15) is 0 Å². The van der Waals surface area contributed by atoms with Gasteiger partial charge in [-0.05, 0) is 29.0 Å². The second kappa shape index (κ2) is 3.55. The first-order valence-corrected chi connectivity index (χ1v) is 4.80. The normalized spacial score (nSPS) is 19.6. The fourth-order valence-electron chi connectivity index (χ4n) is 1.16. The van der Waals surface area contributed by atoms with Gasteiger partial charge in [0.2, 0.25) is 6.23 Å². The van der Waals surface area contributed by atoms with Crippen molar-refractivity contribution >= 4 is 27.7 Å². The molecule has 0 saturated carbocycles. The van der Waals surface area contributed by atoms with Gasteiger partial charge in [-0.2, -0.15) is 0 Å². The molecule has 1 unspecified atom stereocenters. The molecule has 6 heteroatoms. The van der Waals surface area contributed by atoms with E-state index in [0.717, 1.165) is 4.47 Å². The Labute approximate surface area is 89.0 Å². The summed E-state index contributed by atoms with van der Waals surface area (Å²) in [5.74, 6) is 0.762. The predicted molar refractivity (Wildman–Crippen MR) is 54.0 cm³/mol. The Morgan fingerprint density at radius 2 is 2.50 bits per heavy atom. The Kier molecular flexibility index (Phi) is 2.39. The average Bonchev–Trinajstić information content (AvgIpc) is 2.17. The number of amides is 1. The molecule has 0 aliphatic carbocycles. The van der Waals surface area contributed by atoms with Gasteiger partial charge >= 0.3 is 0 Å². The quantitative estimate of drug-likeness (QED) is 0.779. The number of rotatable bonds is 1. The van der Waals surface area contributed by atoms with Crippen LogP contribution in [0.2, 0.25) is 0 Å². The molecule has 1 aliphatic heterocycles. The highest BCUT2D eigenvalue weighted by Crippen LogP contribution is 2.29. The van der Waals surface area contributed by atoms with Crippen LogP contribution in [0, 0.1) is 0 Å². The lowest BCUT2D eigenvalue weighted by Crippen LogP contribution is -2.45. The van der Waals surface area contributed by atoms with E-state index in [1.54, 1.807) is 19.3 Å². The summed E-state index contributed by atoms with van der Waals surface area (Å²) < 4.78 is 6.17. The van der Waals surface area contributed by atoms with Crippen molar-refractivity contribution in [1.29, 1.82) is 0 Å². The minimum absolute atomic E-state index is 0.241. The van der Waals surface area contributed by atoms with E-state index in [2.05, 4.69) is 31.5 Å². The number of ether oxygens (including phenoxy) is 1. The fraction of sp³-hybridized carbons (Fsp3) is 0.250. The summed E-state index contributed by atoms with van der Waals surface area (Å²) >= 11 is 3.27. The Bertz CT molecular complexity index is 383. The molecule has 1 amide bonds. The third-order valence-electron chi connectivity index (χ3n) is 1.81. The molecule has 74 valence electrons. The molecule has 2 N–H and O–H groups in total. The Balaban J connectivity index is 2.36. The molecule has 0 saturated heterocycles. The standard InChI is InChI=1S/C8H8BrN3O2/c1-10-8-7(13)12-6-5(14-8)2-4(9)3-11-6/h2-3,8,10H,1H3,(H,11,12,13). The zero-order chi connectivity index (χ0) is 10.1. The van der Waals surface area contributed by atoms with Gasteiger partial charge in [-0.15, -0.1) is 0 Å². The number of pyridine rings is 1. The van der Waals surface area contributed by atoms with Crippen molar-refractivity contribution in [1.82, 2.24) is 10.3 Å². The molecule has 1 aromatic rings. The van der Waals surface area contributed by atoms with Crippen LogP contribution in [0.1, 0.15) is 0 Å². The lowest BCUT2D eigenvalue weighted by atomic mass is 10.3. The fourth-order valence-corrected chi connectivity index (χ4v) is 1.47. The number of hydrogen-bond donors (Lipinski definition) is 2. The summed E-state index contributed by atoms with van der Waals surface area (Å²) in [5.41, 5.74) is 0. The minimum atomic E-state index is -0.654. The number of anilines is 1. The van der Waals surface area contributed by atoms with E-state index >= 15 is 0 Å². The maximum absolute atomic E-state index is 11.3. The van der Waals surface area contributed by atoms with Crippen LogP contribution in [0.15, 0.2) is 16.7 Å². The van der Waals surface area contributed by atoms with Gasteiger partial charge in [0.25, 0.3) is 5.91 Å². The number of likely N-dealkylation sites (N-methyl/N-ethyl adjacent to an activating group) is 1. The highest BCUT2D eigenvalue weighted by molar-refractivity contribution is 9.10. The van der Waals surface area contributed by atoms with Gasteiger partial charge in [0.15, 0.2) is 11.6 Å². The molecule has 14 heavy (non-hydrogen) atoms. The maximum Gasteiger partial charge on any atom is 0.282 e. The van der Waals surface area contributed by atoms with Gasteiger partial charge < -0.3 is 10.1 Å². The Morgan fingerprint density at radius 1 is 1.71 bits per heavy atom. The molecular formula is C8H8BrN3O2. The summed E-state index contributed by atoms with van der Waals surface area (Å²) in [6.07, 6.45) is 0.945. The van der Waals surface area contributed by atoms with E-state index in [4.69, 9.17) is 4.74 Å². The molecule has 0 spiro atoms. The number of carbonyl (C=O) groups is 1. The van der Waals surface area contributed by atoms with Crippen LogP contribution in [-0.2, 0) is 4.79 Å². The first-order valence-electron chi connectivity index (χ1n) is 4.01. The number of hydrogen-bond acceptors (Lipinski definition) is 4. The summed E-state index contributed by atoms with van der Waals surface area (Å²) in [7, 11) is 1.65. The lowest BCUT2D eigenvalue weighted by Gasteiger charge is -2.24.